The lowest BCUT2D eigenvalue weighted by Gasteiger charge is -2.34. The zero-order chi connectivity index (χ0) is 14.0. The number of hydrogen-bond donors (Lipinski definition) is 2. The van der Waals surface area contributed by atoms with Gasteiger partial charge in [-0.25, -0.2) is 8.78 Å². The molecular weight excluding hydrogens is 246 g/mol. The van der Waals surface area contributed by atoms with Crippen LogP contribution in [0.3, 0.4) is 0 Å². The minimum Gasteiger partial charge on any atom is -0.326 e. The average molecular weight is 262 g/mol. The third-order valence-electron chi connectivity index (χ3n) is 3.36. The van der Waals surface area contributed by atoms with Crippen molar-refractivity contribution in [1.29, 1.82) is 0 Å². The Morgan fingerprint density at radius 1 is 0.842 bits per heavy atom. The Hall–Kier alpha value is -1.78. The highest BCUT2D eigenvalue weighted by Gasteiger charge is 2.33. The quantitative estimate of drug-likeness (QED) is 0.893. The van der Waals surface area contributed by atoms with E-state index in [9.17, 15) is 8.78 Å². The standard InChI is InChI=1S/C15H16F2N2/c1-10(18)15(19,11-2-6-13(16)7-3-11)12-4-8-14(17)9-5-12/h2-10H,18-19H2,1H3/t10-/m0/s1. The van der Waals surface area contributed by atoms with Crippen molar-refractivity contribution in [3.8, 4) is 0 Å². The molecule has 4 N–H and O–H groups in total. The van der Waals surface area contributed by atoms with Gasteiger partial charge < -0.3 is 11.5 Å². The van der Waals surface area contributed by atoms with Gasteiger partial charge >= 0.3 is 0 Å². The maximum atomic E-state index is 13.0. The Morgan fingerprint density at radius 2 is 1.16 bits per heavy atom. The molecule has 0 aromatic heterocycles. The normalized spacial score (nSPS) is 13.3. The fourth-order valence-corrected chi connectivity index (χ4v) is 2.14. The van der Waals surface area contributed by atoms with E-state index >= 15 is 0 Å². The van der Waals surface area contributed by atoms with Crippen LogP contribution >= 0.6 is 0 Å². The first-order valence-electron chi connectivity index (χ1n) is 6.01. The zero-order valence-corrected chi connectivity index (χ0v) is 10.6. The summed E-state index contributed by atoms with van der Waals surface area (Å²) >= 11 is 0. The first-order valence-corrected chi connectivity index (χ1v) is 6.01. The molecule has 0 aliphatic carbocycles. The van der Waals surface area contributed by atoms with Crippen molar-refractivity contribution in [3.05, 3.63) is 71.3 Å². The highest BCUT2D eigenvalue weighted by molar-refractivity contribution is 5.40. The van der Waals surface area contributed by atoms with Crippen LogP contribution in [0.5, 0.6) is 0 Å². The minimum absolute atomic E-state index is 0.338. The molecule has 2 nitrogen and oxygen atoms in total. The second kappa shape index (κ2) is 5.07. The Balaban J connectivity index is 2.54. The van der Waals surface area contributed by atoms with E-state index < -0.39 is 11.6 Å². The molecule has 0 saturated heterocycles. The predicted molar refractivity (Wildman–Crippen MR) is 71.4 cm³/mol. The Morgan fingerprint density at radius 3 is 1.42 bits per heavy atom. The van der Waals surface area contributed by atoms with Crippen LogP contribution in [0.1, 0.15) is 18.1 Å². The molecular formula is C15H16F2N2. The lowest BCUT2D eigenvalue weighted by Crippen LogP contribution is -2.51. The first kappa shape index (κ1) is 13.6. The summed E-state index contributed by atoms with van der Waals surface area (Å²) in [6.07, 6.45) is 0. The summed E-state index contributed by atoms with van der Waals surface area (Å²) in [4.78, 5) is 0. The lowest BCUT2D eigenvalue weighted by atomic mass is 9.79. The molecule has 0 amide bonds. The van der Waals surface area contributed by atoms with Crippen LogP contribution in [-0.2, 0) is 5.54 Å². The van der Waals surface area contributed by atoms with Crippen molar-refractivity contribution in [3.63, 3.8) is 0 Å². The van der Waals surface area contributed by atoms with E-state index in [0.717, 1.165) is 0 Å². The van der Waals surface area contributed by atoms with Gasteiger partial charge in [0.2, 0.25) is 0 Å². The molecule has 0 aliphatic rings. The third-order valence-corrected chi connectivity index (χ3v) is 3.36. The molecule has 0 bridgehead atoms. The highest BCUT2D eigenvalue weighted by atomic mass is 19.1. The van der Waals surface area contributed by atoms with E-state index in [0.29, 0.717) is 11.1 Å². The van der Waals surface area contributed by atoms with Gasteiger partial charge in [0.25, 0.3) is 0 Å². The van der Waals surface area contributed by atoms with Gasteiger partial charge in [0.15, 0.2) is 0 Å². The molecule has 4 heteroatoms. The van der Waals surface area contributed by atoms with Crippen molar-refractivity contribution in [2.24, 2.45) is 11.5 Å². The van der Waals surface area contributed by atoms with Crippen LogP contribution in [0.4, 0.5) is 8.78 Å². The molecule has 2 aromatic rings. The lowest BCUT2D eigenvalue weighted by molar-refractivity contribution is 0.444. The number of benzene rings is 2. The van der Waals surface area contributed by atoms with Gasteiger partial charge in [-0.05, 0) is 42.3 Å². The van der Waals surface area contributed by atoms with Crippen LogP contribution in [0.2, 0.25) is 0 Å². The maximum Gasteiger partial charge on any atom is 0.123 e. The Labute approximate surface area is 111 Å². The van der Waals surface area contributed by atoms with E-state index in [1.165, 1.54) is 24.3 Å². The smallest absolute Gasteiger partial charge is 0.123 e. The zero-order valence-electron chi connectivity index (χ0n) is 10.6. The summed E-state index contributed by atoms with van der Waals surface area (Å²) in [5.41, 5.74) is 12.8. The molecule has 0 aliphatic heterocycles. The molecule has 1 atom stereocenters. The van der Waals surface area contributed by atoms with Crippen LogP contribution in [0, 0.1) is 11.6 Å². The number of hydrogen-bond acceptors (Lipinski definition) is 2. The van der Waals surface area contributed by atoms with Crippen molar-refractivity contribution >= 4 is 0 Å². The molecule has 100 valence electrons. The molecule has 19 heavy (non-hydrogen) atoms. The van der Waals surface area contributed by atoms with Gasteiger partial charge in [-0.2, -0.15) is 0 Å². The molecule has 2 rings (SSSR count). The summed E-state index contributed by atoms with van der Waals surface area (Å²) in [6.45, 7) is 1.77. The fourth-order valence-electron chi connectivity index (χ4n) is 2.14. The predicted octanol–water partition coefficient (Wildman–Crippen LogP) is 2.51. The summed E-state index contributed by atoms with van der Waals surface area (Å²) in [6, 6.07) is 11.3. The minimum atomic E-state index is -0.985. The number of nitrogens with two attached hydrogens (primary N) is 2. The second-order valence-electron chi connectivity index (χ2n) is 4.67. The average Bonchev–Trinajstić information content (AvgIpc) is 2.39. The number of rotatable bonds is 3. The number of halogens is 2. The third kappa shape index (κ3) is 2.50. The van der Waals surface area contributed by atoms with E-state index in [1.807, 2.05) is 0 Å². The highest BCUT2D eigenvalue weighted by Crippen LogP contribution is 2.30. The van der Waals surface area contributed by atoms with Crippen molar-refractivity contribution < 1.29 is 8.78 Å². The van der Waals surface area contributed by atoms with Crippen molar-refractivity contribution in [2.75, 3.05) is 0 Å². The van der Waals surface area contributed by atoms with E-state index in [2.05, 4.69) is 0 Å². The summed E-state index contributed by atoms with van der Waals surface area (Å²) in [7, 11) is 0. The van der Waals surface area contributed by atoms with Gasteiger partial charge in [-0.3, -0.25) is 0 Å². The van der Waals surface area contributed by atoms with Crippen LogP contribution < -0.4 is 11.5 Å². The van der Waals surface area contributed by atoms with E-state index in [4.69, 9.17) is 11.5 Å². The fraction of sp³-hybridized carbons (Fsp3) is 0.200. The molecule has 0 radical (unpaired) electrons. The molecule has 2 aromatic carbocycles. The van der Waals surface area contributed by atoms with Crippen LogP contribution in [0.25, 0.3) is 0 Å². The first-order chi connectivity index (χ1) is 8.94. The molecule has 0 fully saturated rings. The molecule has 0 spiro atoms. The van der Waals surface area contributed by atoms with Gasteiger partial charge in [-0.1, -0.05) is 24.3 Å². The summed E-state index contributed by atoms with van der Waals surface area (Å²) < 4.78 is 26.0. The summed E-state index contributed by atoms with van der Waals surface area (Å²) in [5.74, 6) is -0.676. The Kier molecular flexibility index (Phi) is 3.64. The molecule has 0 heterocycles. The summed E-state index contributed by atoms with van der Waals surface area (Å²) in [5, 5.41) is 0. The van der Waals surface area contributed by atoms with E-state index in [1.54, 1.807) is 31.2 Å². The molecule has 0 saturated carbocycles. The van der Waals surface area contributed by atoms with Gasteiger partial charge in [0.05, 0.1) is 5.54 Å². The van der Waals surface area contributed by atoms with Crippen molar-refractivity contribution in [1.82, 2.24) is 0 Å². The van der Waals surface area contributed by atoms with E-state index in [-0.39, 0.29) is 11.6 Å². The van der Waals surface area contributed by atoms with Gasteiger partial charge in [0, 0.05) is 6.04 Å². The van der Waals surface area contributed by atoms with Crippen LogP contribution in [0.15, 0.2) is 48.5 Å². The van der Waals surface area contributed by atoms with Gasteiger partial charge in [-0.15, -0.1) is 0 Å². The monoisotopic (exact) mass is 262 g/mol. The topological polar surface area (TPSA) is 52.0 Å². The van der Waals surface area contributed by atoms with Crippen molar-refractivity contribution in [2.45, 2.75) is 18.5 Å². The van der Waals surface area contributed by atoms with Crippen LogP contribution in [-0.4, -0.2) is 6.04 Å². The van der Waals surface area contributed by atoms with Gasteiger partial charge in [0.1, 0.15) is 11.6 Å². The SMILES string of the molecule is C[C@H](N)C(N)(c1ccc(F)cc1)c1ccc(F)cc1. The molecule has 0 unspecified atom stereocenters. The maximum absolute atomic E-state index is 13.0. The largest absolute Gasteiger partial charge is 0.326 e. The Bertz CT molecular complexity index is 502. The second-order valence-corrected chi connectivity index (χ2v) is 4.67.